The van der Waals surface area contributed by atoms with E-state index in [2.05, 4.69) is 10.2 Å². The largest absolute Gasteiger partial charge is 0.465 e. The van der Waals surface area contributed by atoms with E-state index in [4.69, 9.17) is 16.3 Å². The number of ether oxygens (including phenoxy) is 1. The number of rotatable bonds is 3. The maximum absolute atomic E-state index is 11.9. The summed E-state index contributed by atoms with van der Waals surface area (Å²) in [5, 5.41) is 4.10. The number of esters is 1. The molecule has 5 heteroatoms. The number of nitrogens with one attached hydrogen (secondary N) is 1. The minimum Gasteiger partial charge on any atom is -0.465 e. The number of halogens is 1. The van der Waals surface area contributed by atoms with Crippen LogP contribution in [0.5, 0.6) is 0 Å². The summed E-state index contributed by atoms with van der Waals surface area (Å²) in [4.78, 5) is 14.5. The second-order valence-corrected chi connectivity index (χ2v) is 6.26. The van der Waals surface area contributed by atoms with Crippen LogP contribution >= 0.6 is 11.6 Å². The second kappa shape index (κ2) is 6.24. The SMILES string of the molecule is COC(=O)c1cc(Cl)ccc1NC1CCN2CCCCC12. The van der Waals surface area contributed by atoms with E-state index in [0.29, 0.717) is 22.7 Å². The molecule has 0 amide bonds. The Balaban J connectivity index is 1.80. The van der Waals surface area contributed by atoms with Crippen LogP contribution in [0.1, 0.15) is 36.0 Å². The standard InChI is InChI=1S/C16H21ClN2O2/c1-21-16(20)12-10-11(17)5-6-13(12)18-14-7-9-19-8-3-2-4-15(14)19/h5-6,10,14-15,18H,2-4,7-9H2,1H3. The molecule has 2 fully saturated rings. The normalized spacial score (nSPS) is 25.4. The van der Waals surface area contributed by atoms with Crippen LogP contribution in [-0.2, 0) is 4.74 Å². The van der Waals surface area contributed by atoms with Crippen LogP contribution in [0.4, 0.5) is 5.69 Å². The molecule has 0 aliphatic carbocycles. The summed E-state index contributed by atoms with van der Waals surface area (Å²) in [6.45, 7) is 2.34. The summed E-state index contributed by atoms with van der Waals surface area (Å²) in [6, 6.07) is 6.34. The van der Waals surface area contributed by atoms with E-state index in [0.717, 1.165) is 18.7 Å². The average Bonchev–Trinajstić information content (AvgIpc) is 2.91. The molecule has 0 aromatic heterocycles. The molecule has 21 heavy (non-hydrogen) atoms. The smallest absolute Gasteiger partial charge is 0.340 e. The molecule has 4 nitrogen and oxygen atoms in total. The topological polar surface area (TPSA) is 41.6 Å². The fraction of sp³-hybridized carbons (Fsp3) is 0.562. The van der Waals surface area contributed by atoms with Gasteiger partial charge in [-0.15, -0.1) is 0 Å². The number of methoxy groups -OCH3 is 1. The Morgan fingerprint density at radius 3 is 3.00 bits per heavy atom. The van der Waals surface area contributed by atoms with Crippen LogP contribution in [0.2, 0.25) is 5.02 Å². The van der Waals surface area contributed by atoms with Gasteiger partial charge in [-0.25, -0.2) is 4.79 Å². The van der Waals surface area contributed by atoms with Crippen molar-refractivity contribution >= 4 is 23.3 Å². The molecule has 0 spiro atoms. The third kappa shape index (κ3) is 3.01. The third-order valence-corrected chi connectivity index (χ3v) is 4.82. The highest BCUT2D eigenvalue weighted by Crippen LogP contribution is 2.31. The molecule has 0 bridgehead atoms. The predicted octanol–water partition coefficient (Wildman–Crippen LogP) is 3.17. The van der Waals surface area contributed by atoms with E-state index in [-0.39, 0.29) is 5.97 Å². The maximum Gasteiger partial charge on any atom is 0.340 e. The number of carbonyl (C=O) groups is 1. The molecule has 3 rings (SSSR count). The van der Waals surface area contributed by atoms with Gasteiger partial charge in [-0.3, -0.25) is 4.90 Å². The van der Waals surface area contributed by atoms with Gasteiger partial charge in [-0.05, 0) is 44.0 Å². The van der Waals surface area contributed by atoms with Gasteiger partial charge >= 0.3 is 5.97 Å². The number of benzene rings is 1. The number of hydrogen-bond acceptors (Lipinski definition) is 4. The average molecular weight is 309 g/mol. The van der Waals surface area contributed by atoms with E-state index < -0.39 is 0 Å². The fourth-order valence-electron chi connectivity index (χ4n) is 3.54. The molecule has 2 aliphatic heterocycles. The van der Waals surface area contributed by atoms with Crippen LogP contribution in [0, 0.1) is 0 Å². The molecule has 0 saturated carbocycles. The summed E-state index contributed by atoms with van der Waals surface area (Å²) in [5.41, 5.74) is 1.34. The van der Waals surface area contributed by atoms with Crippen molar-refractivity contribution in [2.75, 3.05) is 25.5 Å². The molecule has 2 heterocycles. The van der Waals surface area contributed by atoms with E-state index in [1.807, 2.05) is 12.1 Å². The number of fused-ring (bicyclic) bond motifs is 1. The molecule has 1 N–H and O–H groups in total. The Hall–Kier alpha value is -1.26. The van der Waals surface area contributed by atoms with Crippen LogP contribution in [0.15, 0.2) is 18.2 Å². The number of piperidine rings is 1. The number of nitrogens with zero attached hydrogens (tertiary/aromatic N) is 1. The first kappa shape index (κ1) is 14.7. The highest BCUT2D eigenvalue weighted by molar-refractivity contribution is 6.31. The molecule has 2 saturated heterocycles. The first-order valence-corrected chi connectivity index (χ1v) is 7.95. The van der Waals surface area contributed by atoms with Crippen molar-refractivity contribution in [2.24, 2.45) is 0 Å². The molecule has 114 valence electrons. The van der Waals surface area contributed by atoms with E-state index in [1.165, 1.54) is 32.9 Å². The molecule has 1 aromatic carbocycles. The summed E-state index contributed by atoms with van der Waals surface area (Å²) in [7, 11) is 1.39. The van der Waals surface area contributed by atoms with Gasteiger partial charge in [0.1, 0.15) is 0 Å². The van der Waals surface area contributed by atoms with E-state index >= 15 is 0 Å². The minimum atomic E-state index is -0.349. The molecule has 2 atom stereocenters. The minimum absolute atomic E-state index is 0.349. The first-order valence-electron chi connectivity index (χ1n) is 7.57. The third-order valence-electron chi connectivity index (χ3n) is 4.58. The monoisotopic (exact) mass is 308 g/mol. The van der Waals surface area contributed by atoms with Gasteiger partial charge in [0.25, 0.3) is 0 Å². The maximum atomic E-state index is 11.9. The van der Waals surface area contributed by atoms with E-state index in [1.54, 1.807) is 6.07 Å². The van der Waals surface area contributed by atoms with Crippen molar-refractivity contribution in [1.29, 1.82) is 0 Å². The summed E-state index contributed by atoms with van der Waals surface area (Å²) < 4.78 is 4.86. The van der Waals surface area contributed by atoms with Crippen LogP contribution in [0.25, 0.3) is 0 Å². The van der Waals surface area contributed by atoms with Crippen molar-refractivity contribution < 1.29 is 9.53 Å². The number of anilines is 1. The first-order chi connectivity index (χ1) is 10.2. The van der Waals surface area contributed by atoms with Gasteiger partial charge < -0.3 is 10.1 Å². The molecular formula is C16H21ClN2O2. The second-order valence-electron chi connectivity index (χ2n) is 5.82. The van der Waals surface area contributed by atoms with Gasteiger partial charge in [0.15, 0.2) is 0 Å². The van der Waals surface area contributed by atoms with Crippen molar-refractivity contribution in [1.82, 2.24) is 4.90 Å². The zero-order chi connectivity index (χ0) is 14.8. The Kier molecular flexibility index (Phi) is 4.36. The number of carbonyl (C=O) groups excluding carboxylic acids is 1. The van der Waals surface area contributed by atoms with Gasteiger partial charge in [0, 0.05) is 29.3 Å². The van der Waals surface area contributed by atoms with Crippen molar-refractivity contribution in [3.63, 3.8) is 0 Å². The zero-order valence-electron chi connectivity index (χ0n) is 12.3. The lowest BCUT2D eigenvalue weighted by Gasteiger charge is -2.33. The highest BCUT2D eigenvalue weighted by atomic mass is 35.5. The van der Waals surface area contributed by atoms with Gasteiger partial charge in [-0.2, -0.15) is 0 Å². The van der Waals surface area contributed by atoms with E-state index in [9.17, 15) is 4.79 Å². The molecule has 2 aliphatic rings. The highest BCUT2D eigenvalue weighted by Gasteiger charge is 2.35. The lowest BCUT2D eigenvalue weighted by molar-refractivity contribution is 0.0601. The summed E-state index contributed by atoms with van der Waals surface area (Å²) >= 11 is 6.00. The molecular weight excluding hydrogens is 288 g/mol. The molecule has 2 unspecified atom stereocenters. The Bertz CT molecular complexity index is 535. The van der Waals surface area contributed by atoms with Crippen LogP contribution < -0.4 is 5.32 Å². The quantitative estimate of drug-likeness (QED) is 0.871. The fourth-order valence-corrected chi connectivity index (χ4v) is 3.71. The molecule has 1 aromatic rings. The Morgan fingerprint density at radius 2 is 2.19 bits per heavy atom. The van der Waals surface area contributed by atoms with Crippen molar-refractivity contribution in [3.8, 4) is 0 Å². The van der Waals surface area contributed by atoms with Gasteiger partial charge in [-0.1, -0.05) is 18.0 Å². The zero-order valence-corrected chi connectivity index (χ0v) is 13.0. The van der Waals surface area contributed by atoms with Gasteiger partial charge in [0.05, 0.1) is 12.7 Å². The lowest BCUT2D eigenvalue weighted by atomic mass is 9.98. The van der Waals surface area contributed by atoms with Crippen LogP contribution in [0.3, 0.4) is 0 Å². The number of hydrogen-bond donors (Lipinski definition) is 1. The Labute approximate surface area is 130 Å². The molecule has 0 radical (unpaired) electrons. The van der Waals surface area contributed by atoms with Gasteiger partial charge in [0.2, 0.25) is 0 Å². The van der Waals surface area contributed by atoms with Crippen molar-refractivity contribution in [3.05, 3.63) is 28.8 Å². The summed E-state index contributed by atoms with van der Waals surface area (Å²) in [5.74, 6) is -0.349. The lowest BCUT2D eigenvalue weighted by Crippen LogP contribution is -2.41. The Morgan fingerprint density at radius 1 is 1.33 bits per heavy atom. The van der Waals surface area contributed by atoms with Crippen LogP contribution in [-0.4, -0.2) is 43.2 Å². The van der Waals surface area contributed by atoms with Crippen molar-refractivity contribution in [2.45, 2.75) is 37.8 Å². The predicted molar refractivity (Wildman–Crippen MR) is 84.0 cm³/mol. The summed E-state index contributed by atoms with van der Waals surface area (Å²) in [6.07, 6.45) is 4.95.